The molecule has 1 heterocycles. The highest BCUT2D eigenvalue weighted by molar-refractivity contribution is 5.37. The Balaban J connectivity index is 0.00000109. The van der Waals surface area contributed by atoms with Crippen LogP contribution in [0.15, 0.2) is 42.6 Å². The van der Waals surface area contributed by atoms with E-state index < -0.39 is 5.60 Å². The van der Waals surface area contributed by atoms with Gasteiger partial charge in [0.05, 0.1) is 32.0 Å². The molecule has 0 unspecified atom stereocenters. The minimum Gasteiger partial charge on any atom is -0.481 e. The van der Waals surface area contributed by atoms with Crippen molar-refractivity contribution in [3.63, 3.8) is 0 Å². The third kappa shape index (κ3) is 5.04. The first-order valence-electron chi connectivity index (χ1n) is 8.67. The zero-order valence-electron chi connectivity index (χ0n) is 15.1. The van der Waals surface area contributed by atoms with E-state index in [0.29, 0.717) is 36.5 Å². The molecule has 0 atom stereocenters. The summed E-state index contributed by atoms with van der Waals surface area (Å²) in [6.45, 7) is 4.42. The van der Waals surface area contributed by atoms with E-state index in [1.54, 1.807) is 12.3 Å². The van der Waals surface area contributed by atoms with Crippen molar-refractivity contribution in [1.29, 1.82) is 0 Å². The molecule has 26 heavy (non-hydrogen) atoms. The number of methoxy groups -OCH3 is 1. The second kappa shape index (κ2) is 10.3. The molecule has 0 radical (unpaired) electrons. The van der Waals surface area contributed by atoms with E-state index in [1.165, 1.54) is 7.11 Å². The van der Waals surface area contributed by atoms with E-state index in [9.17, 15) is 10.2 Å². The quantitative estimate of drug-likeness (QED) is 0.818. The molecule has 1 aliphatic rings. The van der Waals surface area contributed by atoms with E-state index in [1.807, 2.05) is 44.2 Å². The summed E-state index contributed by atoms with van der Waals surface area (Å²) < 4.78 is 11.1. The summed E-state index contributed by atoms with van der Waals surface area (Å²) in [5.74, 6) is 0.395. The molecule has 1 aromatic heterocycles. The predicted molar refractivity (Wildman–Crippen MR) is 103 cm³/mol. The summed E-state index contributed by atoms with van der Waals surface area (Å²) >= 11 is 0. The van der Waals surface area contributed by atoms with Crippen LogP contribution in [0.3, 0.4) is 0 Å². The van der Waals surface area contributed by atoms with Crippen molar-refractivity contribution in [1.82, 2.24) is 4.98 Å². The van der Waals surface area contributed by atoms with Crippen molar-refractivity contribution >= 4 is 0 Å². The molecule has 144 valence electrons. The fourth-order valence-corrected chi connectivity index (χ4v) is 2.90. The molecule has 1 aromatic carbocycles. The predicted octanol–water partition coefficient (Wildman–Crippen LogP) is 3.81. The minimum absolute atomic E-state index is 0. The molecule has 1 aliphatic carbocycles. The number of pyridine rings is 1. The highest BCUT2D eigenvalue weighted by atomic mass is 16.5. The maximum atomic E-state index is 10.8. The second-order valence-electron chi connectivity index (χ2n) is 5.92. The monoisotopic (exact) mass is 361 g/mol. The van der Waals surface area contributed by atoms with E-state index in [4.69, 9.17) is 9.47 Å². The largest absolute Gasteiger partial charge is 0.481 e. The maximum Gasteiger partial charge on any atom is 0.219 e. The number of hydrogen-bond acceptors (Lipinski definition) is 5. The van der Waals surface area contributed by atoms with Gasteiger partial charge in [-0.05, 0) is 17.2 Å². The molecule has 0 amide bonds. The lowest BCUT2D eigenvalue weighted by atomic mass is 9.72. The summed E-state index contributed by atoms with van der Waals surface area (Å²) in [5.41, 5.74) is 1.38. The van der Waals surface area contributed by atoms with Crippen molar-refractivity contribution in [3.8, 4) is 5.88 Å². The van der Waals surface area contributed by atoms with Gasteiger partial charge in [-0.3, -0.25) is 0 Å². The van der Waals surface area contributed by atoms with Gasteiger partial charge in [0.2, 0.25) is 5.88 Å². The van der Waals surface area contributed by atoms with Crippen LogP contribution in [-0.4, -0.2) is 28.4 Å². The van der Waals surface area contributed by atoms with E-state index in [0.717, 1.165) is 5.56 Å². The Morgan fingerprint density at radius 3 is 2.38 bits per heavy atom. The third-order valence-corrected chi connectivity index (χ3v) is 4.24. The van der Waals surface area contributed by atoms with Gasteiger partial charge in [0, 0.05) is 24.6 Å². The summed E-state index contributed by atoms with van der Waals surface area (Å²) in [4.78, 5) is 4.15. The fraction of sp³-hybridized carbons (Fsp3) is 0.476. The maximum absolute atomic E-state index is 10.8. The Kier molecular flexibility index (Phi) is 8.72. The number of aliphatic hydroxyl groups excluding tert-OH is 1. The van der Waals surface area contributed by atoms with Gasteiger partial charge in [0.1, 0.15) is 0 Å². The summed E-state index contributed by atoms with van der Waals surface area (Å²) in [7, 11) is 1.52. The number of hydrogen-bond donors (Lipinski definition) is 2. The molecule has 0 spiro atoms. The average Bonchev–Trinajstić information content (AvgIpc) is 2.66. The Morgan fingerprint density at radius 2 is 1.81 bits per heavy atom. The molecule has 1 fully saturated rings. The van der Waals surface area contributed by atoms with Gasteiger partial charge in [-0.2, -0.15) is 0 Å². The Hall–Kier alpha value is -1.95. The molecule has 0 bridgehead atoms. The second-order valence-corrected chi connectivity index (χ2v) is 5.92. The standard InChI is InChI=1S/C18H21NO4.C2H6.CH4/c1-22-17-16(7-14(11-20)10-19-17)18(21)8-15(9-18)23-12-13-5-3-2-4-6-13;1-2;/h2-7,10,15,20-21H,8-9,11-12H2,1H3;1-2H3;1H4. The van der Waals surface area contributed by atoms with Crippen LogP contribution in [0.2, 0.25) is 0 Å². The van der Waals surface area contributed by atoms with Gasteiger partial charge < -0.3 is 19.7 Å². The van der Waals surface area contributed by atoms with Crippen LogP contribution in [0.5, 0.6) is 5.88 Å². The molecule has 5 heteroatoms. The number of nitrogens with zero attached hydrogens (tertiary/aromatic N) is 1. The van der Waals surface area contributed by atoms with Gasteiger partial charge in [-0.15, -0.1) is 0 Å². The Labute approximate surface area is 156 Å². The first-order valence-corrected chi connectivity index (χ1v) is 8.67. The van der Waals surface area contributed by atoms with Gasteiger partial charge in [-0.25, -0.2) is 4.98 Å². The van der Waals surface area contributed by atoms with Crippen molar-refractivity contribution in [2.45, 2.75) is 59.0 Å². The van der Waals surface area contributed by atoms with Gasteiger partial charge in [-0.1, -0.05) is 51.6 Å². The first-order chi connectivity index (χ1) is 12.1. The number of benzene rings is 1. The van der Waals surface area contributed by atoms with Gasteiger partial charge in [0.15, 0.2) is 0 Å². The highest BCUT2D eigenvalue weighted by Crippen LogP contribution is 2.46. The van der Waals surface area contributed by atoms with Crippen molar-refractivity contribution in [2.24, 2.45) is 0 Å². The summed E-state index contributed by atoms with van der Waals surface area (Å²) in [6, 6.07) is 11.7. The van der Waals surface area contributed by atoms with Crippen molar-refractivity contribution in [3.05, 3.63) is 59.3 Å². The molecule has 1 saturated carbocycles. The van der Waals surface area contributed by atoms with Gasteiger partial charge >= 0.3 is 0 Å². The average molecular weight is 361 g/mol. The fourth-order valence-electron chi connectivity index (χ4n) is 2.90. The molecule has 0 saturated heterocycles. The summed E-state index contributed by atoms with van der Waals surface area (Å²) in [5, 5.41) is 20.1. The highest BCUT2D eigenvalue weighted by Gasteiger charge is 2.47. The van der Waals surface area contributed by atoms with Crippen LogP contribution in [0.1, 0.15) is 50.8 Å². The lowest BCUT2D eigenvalue weighted by Gasteiger charge is -2.43. The van der Waals surface area contributed by atoms with E-state index in [2.05, 4.69) is 4.98 Å². The van der Waals surface area contributed by atoms with Crippen molar-refractivity contribution in [2.75, 3.05) is 7.11 Å². The van der Waals surface area contributed by atoms with Crippen LogP contribution in [0.25, 0.3) is 0 Å². The molecule has 0 aliphatic heterocycles. The summed E-state index contributed by atoms with van der Waals surface area (Å²) in [6.07, 6.45) is 2.54. The number of rotatable bonds is 6. The molecule has 5 nitrogen and oxygen atoms in total. The SMILES string of the molecule is C.CC.COc1ncc(CO)cc1C1(O)CC(OCc2ccccc2)C1. The van der Waals surface area contributed by atoms with Crippen LogP contribution in [0.4, 0.5) is 0 Å². The molecule has 2 N–H and O–H groups in total. The zero-order chi connectivity index (χ0) is 18.3. The lowest BCUT2D eigenvalue weighted by molar-refractivity contribution is -0.150. The molecule has 2 aromatic rings. The van der Waals surface area contributed by atoms with E-state index >= 15 is 0 Å². The smallest absolute Gasteiger partial charge is 0.219 e. The molecular formula is C21H31NO4. The van der Waals surface area contributed by atoms with Crippen molar-refractivity contribution < 1.29 is 19.7 Å². The topological polar surface area (TPSA) is 71.8 Å². The van der Waals surface area contributed by atoms with Crippen LogP contribution in [-0.2, 0) is 23.6 Å². The third-order valence-electron chi connectivity index (χ3n) is 4.24. The number of aromatic nitrogens is 1. The number of aliphatic hydroxyl groups is 2. The zero-order valence-corrected chi connectivity index (χ0v) is 15.1. The Bertz CT molecular complexity index is 654. The van der Waals surface area contributed by atoms with Crippen LogP contribution in [0, 0.1) is 0 Å². The molecule has 3 rings (SSSR count). The lowest BCUT2D eigenvalue weighted by Crippen LogP contribution is -2.46. The Morgan fingerprint density at radius 1 is 1.15 bits per heavy atom. The normalized spacial score (nSPS) is 20.9. The molecular weight excluding hydrogens is 330 g/mol. The van der Waals surface area contributed by atoms with Crippen LogP contribution >= 0.6 is 0 Å². The first kappa shape index (κ1) is 22.1. The minimum atomic E-state index is -1.01. The van der Waals surface area contributed by atoms with Gasteiger partial charge in [0.25, 0.3) is 0 Å². The number of ether oxygens (including phenoxy) is 2. The van der Waals surface area contributed by atoms with E-state index in [-0.39, 0.29) is 20.1 Å². The van der Waals surface area contributed by atoms with Crippen LogP contribution < -0.4 is 4.74 Å².